The van der Waals surface area contributed by atoms with Crippen LogP contribution in [0.25, 0.3) is 0 Å². The standard InChI is InChI=1S/C9H18O5Si/c1-7(9(11)12)8(10)5-6-15(4,13-2)14-3/h7H,5-6H2,1-4H3,(H,11,12). The van der Waals surface area contributed by atoms with E-state index in [1.54, 1.807) is 14.2 Å². The van der Waals surface area contributed by atoms with E-state index in [9.17, 15) is 9.59 Å². The van der Waals surface area contributed by atoms with E-state index in [-0.39, 0.29) is 12.2 Å². The number of ketones is 1. The molecule has 0 saturated heterocycles. The number of hydrogen-bond acceptors (Lipinski definition) is 4. The van der Waals surface area contributed by atoms with E-state index in [0.717, 1.165) is 0 Å². The van der Waals surface area contributed by atoms with Gasteiger partial charge in [-0.3, -0.25) is 9.59 Å². The minimum Gasteiger partial charge on any atom is -0.481 e. The fourth-order valence-corrected chi connectivity index (χ4v) is 2.27. The molecule has 0 heterocycles. The van der Waals surface area contributed by atoms with E-state index in [1.807, 2.05) is 6.55 Å². The van der Waals surface area contributed by atoms with Crippen LogP contribution in [0.1, 0.15) is 13.3 Å². The number of Topliss-reactive ketones (excluding diaryl/α,β-unsaturated/α-hetero) is 1. The second-order valence-electron chi connectivity index (χ2n) is 3.57. The second-order valence-corrected chi connectivity index (χ2v) is 7.15. The molecule has 0 fully saturated rings. The summed E-state index contributed by atoms with van der Waals surface area (Å²) in [4.78, 5) is 21.9. The molecule has 0 aliphatic heterocycles. The fraction of sp³-hybridized carbons (Fsp3) is 0.778. The number of carboxylic acids is 1. The molecule has 1 atom stereocenters. The summed E-state index contributed by atoms with van der Waals surface area (Å²) < 4.78 is 10.4. The Bertz CT molecular complexity index is 237. The summed E-state index contributed by atoms with van der Waals surface area (Å²) in [6, 6.07) is 0.483. The highest BCUT2D eigenvalue weighted by molar-refractivity contribution is 6.66. The van der Waals surface area contributed by atoms with Crippen molar-refractivity contribution in [3.63, 3.8) is 0 Å². The number of hydrogen-bond donors (Lipinski definition) is 1. The lowest BCUT2D eigenvalue weighted by atomic mass is 10.1. The van der Waals surface area contributed by atoms with E-state index < -0.39 is 20.4 Å². The molecule has 6 heteroatoms. The van der Waals surface area contributed by atoms with Gasteiger partial charge in [0.1, 0.15) is 11.7 Å². The summed E-state index contributed by atoms with van der Waals surface area (Å²) >= 11 is 0. The minimum absolute atomic E-state index is 0.192. The van der Waals surface area contributed by atoms with Crippen LogP contribution in [0, 0.1) is 5.92 Å². The number of carbonyl (C=O) groups excluding carboxylic acids is 1. The number of carbonyl (C=O) groups is 2. The third kappa shape index (κ3) is 4.54. The van der Waals surface area contributed by atoms with Gasteiger partial charge in [0.25, 0.3) is 0 Å². The first-order valence-corrected chi connectivity index (χ1v) is 7.24. The van der Waals surface area contributed by atoms with Gasteiger partial charge in [0.05, 0.1) is 0 Å². The average molecular weight is 234 g/mol. The van der Waals surface area contributed by atoms with Gasteiger partial charge in [-0.25, -0.2) is 0 Å². The molecule has 0 bridgehead atoms. The van der Waals surface area contributed by atoms with Crippen molar-refractivity contribution in [2.24, 2.45) is 5.92 Å². The zero-order valence-electron chi connectivity index (χ0n) is 9.57. The first-order chi connectivity index (χ1) is 6.86. The molecule has 0 aromatic heterocycles. The number of rotatable bonds is 7. The second kappa shape index (κ2) is 5.99. The van der Waals surface area contributed by atoms with Gasteiger partial charge < -0.3 is 14.0 Å². The number of carboxylic acid groups (broad SMARTS) is 1. The molecule has 0 aromatic rings. The van der Waals surface area contributed by atoms with E-state index in [2.05, 4.69) is 0 Å². The van der Waals surface area contributed by atoms with Gasteiger partial charge in [-0.1, -0.05) is 0 Å². The zero-order valence-corrected chi connectivity index (χ0v) is 10.6. The largest absolute Gasteiger partial charge is 0.481 e. The Balaban J connectivity index is 4.16. The van der Waals surface area contributed by atoms with Gasteiger partial charge >= 0.3 is 14.5 Å². The summed E-state index contributed by atoms with van der Waals surface area (Å²) in [5.74, 6) is -2.31. The van der Waals surface area contributed by atoms with Crippen LogP contribution in [0.15, 0.2) is 0 Å². The Morgan fingerprint density at radius 3 is 2.13 bits per heavy atom. The Hall–Kier alpha value is -0.723. The highest BCUT2D eigenvalue weighted by Gasteiger charge is 2.31. The molecule has 88 valence electrons. The van der Waals surface area contributed by atoms with Crippen LogP contribution in [0.5, 0.6) is 0 Å². The molecule has 15 heavy (non-hydrogen) atoms. The molecule has 0 radical (unpaired) electrons. The van der Waals surface area contributed by atoms with E-state index in [1.165, 1.54) is 6.92 Å². The molecule has 1 N–H and O–H groups in total. The van der Waals surface area contributed by atoms with Gasteiger partial charge in [0.2, 0.25) is 0 Å². The lowest BCUT2D eigenvalue weighted by molar-refractivity contribution is -0.145. The molecule has 0 aliphatic rings. The Morgan fingerprint density at radius 1 is 1.33 bits per heavy atom. The normalized spacial score (nSPS) is 13.6. The SMILES string of the molecule is CO[Si](C)(CCC(=O)C(C)C(=O)O)OC. The molecule has 0 rings (SSSR count). The first kappa shape index (κ1) is 14.3. The van der Waals surface area contributed by atoms with Crippen LogP contribution in [0.3, 0.4) is 0 Å². The smallest absolute Gasteiger partial charge is 0.334 e. The molecule has 0 spiro atoms. The summed E-state index contributed by atoms with van der Waals surface area (Å²) in [7, 11) is 0.830. The third-order valence-electron chi connectivity index (χ3n) is 2.54. The van der Waals surface area contributed by atoms with Crippen LogP contribution in [-0.2, 0) is 18.4 Å². The lowest BCUT2D eigenvalue weighted by Crippen LogP contribution is -2.37. The van der Waals surface area contributed by atoms with Crippen LogP contribution in [0.2, 0.25) is 12.6 Å². The number of aliphatic carboxylic acids is 1. The summed E-state index contributed by atoms with van der Waals surface area (Å²) in [5.41, 5.74) is 0. The predicted molar refractivity (Wildman–Crippen MR) is 56.9 cm³/mol. The summed E-state index contributed by atoms with van der Waals surface area (Å²) in [5, 5.41) is 8.62. The first-order valence-electron chi connectivity index (χ1n) is 4.72. The summed E-state index contributed by atoms with van der Waals surface area (Å²) in [6.45, 7) is 3.23. The third-order valence-corrected chi connectivity index (χ3v) is 5.43. The minimum atomic E-state index is -2.25. The highest BCUT2D eigenvalue weighted by atomic mass is 28.4. The van der Waals surface area contributed by atoms with E-state index in [0.29, 0.717) is 6.04 Å². The molecule has 0 aromatic carbocycles. The molecular weight excluding hydrogens is 216 g/mol. The summed E-state index contributed by atoms with van der Waals surface area (Å²) in [6.07, 6.45) is 0.192. The van der Waals surface area contributed by atoms with Gasteiger partial charge in [0.15, 0.2) is 0 Å². The molecular formula is C9H18O5Si. The molecule has 5 nitrogen and oxygen atoms in total. The highest BCUT2D eigenvalue weighted by Crippen LogP contribution is 2.16. The lowest BCUT2D eigenvalue weighted by Gasteiger charge is -2.22. The van der Waals surface area contributed by atoms with E-state index >= 15 is 0 Å². The maximum Gasteiger partial charge on any atom is 0.334 e. The maximum absolute atomic E-state index is 11.4. The van der Waals surface area contributed by atoms with Crippen molar-refractivity contribution >= 4 is 20.3 Å². The zero-order chi connectivity index (χ0) is 12.1. The molecule has 0 aliphatic carbocycles. The van der Waals surface area contributed by atoms with Crippen LogP contribution >= 0.6 is 0 Å². The Labute approximate surface area is 90.6 Å². The van der Waals surface area contributed by atoms with Crippen molar-refractivity contribution < 1.29 is 23.5 Å². The Morgan fingerprint density at radius 2 is 1.80 bits per heavy atom. The predicted octanol–water partition coefficient (Wildman–Crippen LogP) is 1.03. The van der Waals surface area contributed by atoms with Crippen molar-refractivity contribution in [2.45, 2.75) is 25.9 Å². The van der Waals surface area contributed by atoms with Crippen LogP contribution in [0.4, 0.5) is 0 Å². The van der Waals surface area contributed by atoms with Gasteiger partial charge in [-0.15, -0.1) is 0 Å². The van der Waals surface area contributed by atoms with E-state index in [4.69, 9.17) is 14.0 Å². The van der Waals surface area contributed by atoms with Crippen molar-refractivity contribution in [3.8, 4) is 0 Å². The van der Waals surface area contributed by atoms with Crippen LogP contribution < -0.4 is 0 Å². The molecule has 0 amide bonds. The molecule has 1 unspecified atom stereocenters. The fourth-order valence-electron chi connectivity index (χ4n) is 0.992. The Kier molecular flexibility index (Phi) is 5.70. The van der Waals surface area contributed by atoms with Crippen LogP contribution in [-0.4, -0.2) is 39.6 Å². The average Bonchev–Trinajstić information content (AvgIpc) is 2.24. The quantitative estimate of drug-likeness (QED) is 0.526. The van der Waals surface area contributed by atoms with Crippen molar-refractivity contribution in [2.75, 3.05) is 14.2 Å². The van der Waals surface area contributed by atoms with Crippen molar-refractivity contribution in [1.82, 2.24) is 0 Å². The van der Waals surface area contributed by atoms with Crippen molar-refractivity contribution in [3.05, 3.63) is 0 Å². The van der Waals surface area contributed by atoms with Gasteiger partial charge in [-0.2, -0.15) is 0 Å². The van der Waals surface area contributed by atoms with Gasteiger partial charge in [-0.05, 0) is 19.5 Å². The topological polar surface area (TPSA) is 72.8 Å². The monoisotopic (exact) mass is 234 g/mol. The molecule has 0 saturated carbocycles. The van der Waals surface area contributed by atoms with Gasteiger partial charge in [0, 0.05) is 20.6 Å². The van der Waals surface area contributed by atoms with Crippen molar-refractivity contribution in [1.29, 1.82) is 0 Å². The maximum atomic E-state index is 11.4.